The Kier molecular flexibility index (Phi) is 4.71. The van der Waals surface area contributed by atoms with Gasteiger partial charge in [0.15, 0.2) is 0 Å². The number of rotatable bonds is 4. The van der Waals surface area contributed by atoms with Crippen LogP contribution in [0.4, 0.5) is 0 Å². The van der Waals surface area contributed by atoms with Crippen LogP contribution in [0.3, 0.4) is 0 Å². The number of carbonyl (C=O) groups excluding carboxylic acids is 2. The molecule has 2 aromatic carbocycles. The zero-order valence-corrected chi connectivity index (χ0v) is 18.4. The van der Waals surface area contributed by atoms with Crippen LogP contribution in [0.15, 0.2) is 53.2 Å². The lowest BCUT2D eigenvalue weighted by atomic mass is 9.94. The topological polar surface area (TPSA) is 78.2 Å². The molecule has 0 atom stereocenters. The summed E-state index contributed by atoms with van der Waals surface area (Å²) in [7, 11) is 0. The molecule has 1 spiro atoms. The summed E-state index contributed by atoms with van der Waals surface area (Å²) >= 11 is 6.16. The molecule has 1 saturated heterocycles. The van der Waals surface area contributed by atoms with Crippen LogP contribution in [0.5, 0.6) is 5.75 Å². The number of carbonyl (C=O) groups is 2. The van der Waals surface area contributed by atoms with E-state index in [1.165, 1.54) is 0 Å². The second-order valence-electron chi connectivity index (χ2n) is 8.39. The lowest BCUT2D eigenvalue weighted by molar-refractivity contribution is -0.246. The fraction of sp³-hybridized carbons (Fsp3) is 0.280. The molecule has 3 aromatic rings. The molecule has 7 nitrogen and oxygen atoms in total. The van der Waals surface area contributed by atoms with E-state index >= 15 is 0 Å². The van der Waals surface area contributed by atoms with Gasteiger partial charge in [-0.25, -0.2) is 14.5 Å². The Morgan fingerprint density at radius 2 is 1.94 bits per heavy atom. The first-order chi connectivity index (χ1) is 16.0. The number of hydrogen-bond donors (Lipinski definition) is 0. The maximum atomic E-state index is 12.1. The summed E-state index contributed by atoms with van der Waals surface area (Å²) in [5.74, 6) is -2.58. The highest BCUT2D eigenvalue weighted by molar-refractivity contribution is 6.31. The van der Waals surface area contributed by atoms with Crippen molar-refractivity contribution in [3.8, 4) is 5.75 Å². The monoisotopic (exact) mass is 465 g/mol. The van der Waals surface area contributed by atoms with Gasteiger partial charge in [0.05, 0.1) is 19.3 Å². The fourth-order valence-corrected chi connectivity index (χ4v) is 4.99. The summed E-state index contributed by atoms with van der Waals surface area (Å²) in [6.45, 7) is 1.56. The van der Waals surface area contributed by atoms with Gasteiger partial charge in [-0.1, -0.05) is 35.9 Å². The van der Waals surface area contributed by atoms with E-state index in [4.69, 9.17) is 30.2 Å². The zero-order valence-electron chi connectivity index (χ0n) is 17.6. The predicted octanol–water partition coefficient (Wildman–Crippen LogP) is 4.11. The Balaban J connectivity index is 1.31. The van der Waals surface area contributed by atoms with Gasteiger partial charge >= 0.3 is 17.8 Å². The van der Waals surface area contributed by atoms with Crippen molar-refractivity contribution in [2.45, 2.75) is 25.2 Å². The van der Waals surface area contributed by atoms with E-state index < -0.39 is 17.8 Å². The van der Waals surface area contributed by atoms with Crippen molar-refractivity contribution in [2.75, 3.05) is 19.7 Å². The molecule has 0 amide bonds. The molecule has 0 unspecified atom stereocenters. The van der Waals surface area contributed by atoms with Crippen LogP contribution in [0.2, 0.25) is 5.02 Å². The fourth-order valence-electron chi connectivity index (χ4n) is 4.82. The SMILES string of the molecule is O=C1OC2(CC(c3cccc4c3OCC4)=CCN2CCc2coc3ccc(Cl)cc23)OC1=O. The van der Waals surface area contributed by atoms with E-state index in [2.05, 4.69) is 12.1 Å². The molecule has 0 aliphatic carbocycles. The van der Waals surface area contributed by atoms with E-state index in [9.17, 15) is 9.59 Å². The molecule has 168 valence electrons. The summed E-state index contributed by atoms with van der Waals surface area (Å²) in [4.78, 5) is 26.0. The Bertz CT molecular complexity index is 1310. The molecular formula is C25H20ClNO6. The van der Waals surface area contributed by atoms with E-state index in [1.807, 2.05) is 29.2 Å². The summed E-state index contributed by atoms with van der Waals surface area (Å²) in [5.41, 5.74) is 4.74. The lowest BCUT2D eigenvalue weighted by Gasteiger charge is -2.40. The van der Waals surface area contributed by atoms with Gasteiger partial charge in [0.1, 0.15) is 11.3 Å². The smallest absolute Gasteiger partial charge is 0.421 e. The summed E-state index contributed by atoms with van der Waals surface area (Å²) in [5, 5.41) is 1.56. The van der Waals surface area contributed by atoms with Gasteiger partial charge in [-0.05, 0) is 41.3 Å². The van der Waals surface area contributed by atoms with Crippen LogP contribution in [0.1, 0.15) is 23.1 Å². The van der Waals surface area contributed by atoms with Crippen LogP contribution < -0.4 is 4.74 Å². The standard InChI is InChI=1S/C25H20ClNO6/c26-18-4-5-21-20(12-18)17(14-31-21)7-10-27-9-6-16(13-25(27)32-23(28)24(29)33-25)19-3-1-2-15-8-11-30-22(15)19/h1-6,12,14H,7-11,13H2. The van der Waals surface area contributed by atoms with Gasteiger partial charge in [-0.2, -0.15) is 0 Å². The molecule has 3 aliphatic heterocycles. The van der Waals surface area contributed by atoms with Crippen molar-refractivity contribution in [2.24, 2.45) is 0 Å². The number of ether oxygens (including phenoxy) is 3. The molecular weight excluding hydrogens is 446 g/mol. The number of halogens is 1. The number of furan rings is 1. The molecule has 6 rings (SSSR count). The summed E-state index contributed by atoms with van der Waals surface area (Å²) < 4.78 is 22.6. The van der Waals surface area contributed by atoms with Crippen molar-refractivity contribution >= 4 is 40.1 Å². The Morgan fingerprint density at radius 3 is 2.79 bits per heavy atom. The maximum absolute atomic E-state index is 12.1. The average Bonchev–Trinajstić information content (AvgIpc) is 3.51. The minimum Gasteiger partial charge on any atom is -0.492 e. The molecule has 0 saturated carbocycles. The molecule has 8 heteroatoms. The predicted molar refractivity (Wildman–Crippen MR) is 120 cm³/mol. The van der Waals surface area contributed by atoms with E-state index in [0.717, 1.165) is 45.4 Å². The highest BCUT2D eigenvalue weighted by Crippen LogP contribution is 2.43. The molecule has 0 bridgehead atoms. The average molecular weight is 466 g/mol. The Hall–Kier alpha value is -3.29. The van der Waals surface area contributed by atoms with Crippen LogP contribution in [0.25, 0.3) is 16.5 Å². The normalized spacial score (nSPS) is 19.4. The second kappa shape index (κ2) is 7.64. The third-order valence-electron chi connectivity index (χ3n) is 6.45. The van der Waals surface area contributed by atoms with Gasteiger partial charge < -0.3 is 18.6 Å². The first-order valence-electron chi connectivity index (χ1n) is 10.8. The number of para-hydroxylation sites is 1. The highest BCUT2D eigenvalue weighted by Gasteiger charge is 2.54. The van der Waals surface area contributed by atoms with Crippen molar-refractivity contribution in [3.63, 3.8) is 0 Å². The third-order valence-corrected chi connectivity index (χ3v) is 6.69. The van der Waals surface area contributed by atoms with Crippen LogP contribution in [-0.4, -0.2) is 42.4 Å². The molecule has 4 heterocycles. The number of esters is 2. The summed E-state index contributed by atoms with van der Waals surface area (Å²) in [6, 6.07) is 11.5. The first kappa shape index (κ1) is 20.3. The number of hydrogen-bond acceptors (Lipinski definition) is 7. The third kappa shape index (κ3) is 3.39. The van der Waals surface area contributed by atoms with Crippen molar-refractivity contribution in [1.29, 1.82) is 0 Å². The van der Waals surface area contributed by atoms with Gasteiger partial charge in [0.25, 0.3) is 0 Å². The Labute approximate surface area is 194 Å². The number of benzene rings is 2. The van der Waals surface area contributed by atoms with Crippen LogP contribution >= 0.6 is 11.6 Å². The van der Waals surface area contributed by atoms with Crippen LogP contribution in [0, 0.1) is 0 Å². The summed E-state index contributed by atoms with van der Waals surface area (Å²) in [6.07, 6.45) is 5.46. The van der Waals surface area contributed by atoms with E-state index in [1.54, 1.807) is 12.3 Å². The van der Waals surface area contributed by atoms with Gasteiger partial charge in [-0.15, -0.1) is 0 Å². The van der Waals surface area contributed by atoms with Crippen molar-refractivity contribution in [1.82, 2.24) is 4.90 Å². The number of fused-ring (bicyclic) bond motifs is 2. The zero-order chi connectivity index (χ0) is 22.6. The molecule has 1 aromatic heterocycles. The van der Waals surface area contributed by atoms with Crippen molar-refractivity contribution < 1.29 is 28.2 Å². The van der Waals surface area contributed by atoms with Gasteiger partial charge in [-0.3, -0.25) is 0 Å². The van der Waals surface area contributed by atoms with Crippen molar-refractivity contribution in [3.05, 3.63) is 70.5 Å². The van der Waals surface area contributed by atoms with Gasteiger partial charge in [0.2, 0.25) is 0 Å². The van der Waals surface area contributed by atoms with Gasteiger partial charge in [0, 0.05) is 35.5 Å². The highest BCUT2D eigenvalue weighted by atomic mass is 35.5. The quantitative estimate of drug-likeness (QED) is 0.424. The van der Waals surface area contributed by atoms with E-state index in [0.29, 0.717) is 31.1 Å². The molecule has 3 aliphatic rings. The minimum absolute atomic E-state index is 0.224. The molecule has 33 heavy (non-hydrogen) atoms. The Morgan fingerprint density at radius 1 is 1.09 bits per heavy atom. The lowest BCUT2D eigenvalue weighted by Crippen LogP contribution is -2.53. The first-order valence-corrected chi connectivity index (χ1v) is 11.2. The molecule has 0 N–H and O–H groups in total. The number of nitrogens with zero attached hydrogens (tertiary/aromatic N) is 1. The second-order valence-corrected chi connectivity index (χ2v) is 8.82. The minimum atomic E-state index is -1.48. The maximum Gasteiger partial charge on any atom is 0.421 e. The van der Waals surface area contributed by atoms with E-state index in [-0.39, 0.29) is 6.42 Å². The molecule has 1 fully saturated rings. The molecule has 0 radical (unpaired) electrons. The van der Waals surface area contributed by atoms with Crippen LogP contribution in [-0.2, 0) is 31.9 Å². The largest absolute Gasteiger partial charge is 0.492 e.